The number of nitrogens with one attached hydrogen (secondary N) is 3. The quantitative estimate of drug-likeness (QED) is 0.612. The van der Waals surface area contributed by atoms with Gasteiger partial charge in [0, 0.05) is 12.7 Å². The lowest BCUT2D eigenvalue weighted by molar-refractivity contribution is -0.122. The normalized spacial score (nSPS) is 10.7. The molecule has 2 heterocycles. The number of hydrogen-bond donors (Lipinski definition) is 3. The van der Waals surface area contributed by atoms with E-state index in [9.17, 15) is 14.4 Å². The van der Waals surface area contributed by atoms with Crippen LogP contribution in [0.3, 0.4) is 0 Å². The van der Waals surface area contributed by atoms with Gasteiger partial charge in [-0.3, -0.25) is 29.6 Å². The van der Waals surface area contributed by atoms with Gasteiger partial charge in [0.25, 0.3) is 11.8 Å². The third kappa shape index (κ3) is 2.81. The molecule has 0 saturated carbocycles. The van der Waals surface area contributed by atoms with E-state index in [0.717, 1.165) is 5.52 Å². The van der Waals surface area contributed by atoms with Crippen molar-refractivity contribution in [3.8, 4) is 0 Å². The van der Waals surface area contributed by atoms with E-state index in [1.165, 1.54) is 4.57 Å². The molecular weight excluding hydrogens is 310 g/mol. The number of hydrogen-bond acceptors (Lipinski definition) is 3. The molecule has 0 bridgehead atoms. The van der Waals surface area contributed by atoms with Crippen LogP contribution >= 0.6 is 0 Å². The van der Waals surface area contributed by atoms with E-state index in [-0.39, 0.29) is 12.2 Å². The van der Waals surface area contributed by atoms with E-state index < -0.39 is 11.8 Å². The molecule has 124 valence electrons. The number of carbonyl (C=O) groups excluding carboxylic acids is 2. The Balaban J connectivity index is 1.75. The Bertz CT molecular complexity index is 936. The smallest absolute Gasteiger partial charge is 0.329 e. The summed E-state index contributed by atoms with van der Waals surface area (Å²) in [6, 6.07) is 10.5. The predicted molar refractivity (Wildman–Crippen MR) is 88.3 cm³/mol. The van der Waals surface area contributed by atoms with Gasteiger partial charge in [-0.1, -0.05) is 12.1 Å². The zero-order valence-electron chi connectivity index (χ0n) is 13.1. The molecule has 8 heteroatoms. The number of aromatic amines is 1. The Kier molecular flexibility index (Phi) is 4.19. The first-order valence-corrected chi connectivity index (χ1v) is 7.52. The van der Waals surface area contributed by atoms with E-state index >= 15 is 0 Å². The summed E-state index contributed by atoms with van der Waals surface area (Å²) in [4.78, 5) is 39.0. The van der Waals surface area contributed by atoms with E-state index in [2.05, 4.69) is 15.8 Å². The molecule has 2 amide bonds. The number of benzene rings is 1. The highest BCUT2D eigenvalue weighted by Crippen LogP contribution is 2.12. The lowest BCUT2D eigenvalue weighted by atomic mass is 10.3. The summed E-state index contributed by atoms with van der Waals surface area (Å²) in [5.74, 6) is -0.951. The topological polar surface area (TPSA) is 101 Å². The number of H-pyrrole nitrogens is 1. The summed E-state index contributed by atoms with van der Waals surface area (Å²) in [5, 5.41) is 0. The average Bonchev–Trinajstić information content (AvgIpc) is 3.21. The van der Waals surface area contributed by atoms with Gasteiger partial charge in [0.15, 0.2) is 0 Å². The molecule has 0 fully saturated rings. The summed E-state index contributed by atoms with van der Waals surface area (Å²) in [7, 11) is 0. The molecule has 0 atom stereocenters. The molecule has 24 heavy (non-hydrogen) atoms. The van der Waals surface area contributed by atoms with Crippen LogP contribution in [0, 0.1) is 0 Å². The number of rotatable bonds is 4. The van der Waals surface area contributed by atoms with Gasteiger partial charge >= 0.3 is 5.69 Å². The highest BCUT2D eigenvalue weighted by Gasteiger charge is 2.15. The standard InChI is InChI=1S/C16H17N5O3/c1-2-20-12-7-3-4-8-13(12)21(16(20)24)10-14(22)18-19-15(23)11-6-5-9-17-11/h3-9,17H,2,10H2,1H3,(H,18,22)(H,19,23). The Morgan fingerprint density at radius 1 is 1.04 bits per heavy atom. The Labute approximate surface area is 137 Å². The third-order valence-corrected chi connectivity index (χ3v) is 3.70. The summed E-state index contributed by atoms with van der Waals surface area (Å²) >= 11 is 0. The lowest BCUT2D eigenvalue weighted by Gasteiger charge is -2.07. The average molecular weight is 327 g/mol. The van der Waals surface area contributed by atoms with Crippen molar-refractivity contribution < 1.29 is 9.59 Å². The van der Waals surface area contributed by atoms with Crippen LogP contribution < -0.4 is 16.5 Å². The molecule has 3 aromatic rings. The fraction of sp³-hybridized carbons (Fsp3) is 0.188. The van der Waals surface area contributed by atoms with Crippen LogP contribution in [-0.4, -0.2) is 25.9 Å². The minimum absolute atomic E-state index is 0.183. The number of para-hydroxylation sites is 2. The third-order valence-electron chi connectivity index (χ3n) is 3.70. The molecule has 0 aliphatic carbocycles. The van der Waals surface area contributed by atoms with Crippen LogP contribution in [0.15, 0.2) is 47.4 Å². The molecule has 2 aromatic heterocycles. The van der Waals surface area contributed by atoms with Gasteiger partial charge < -0.3 is 4.98 Å². The van der Waals surface area contributed by atoms with Crippen LogP contribution in [0.25, 0.3) is 11.0 Å². The largest absolute Gasteiger partial charge is 0.357 e. The van der Waals surface area contributed by atoms with Gasteiger partial charge in [0.05, 0.1) is 11.0 Å². The van der Waals surface area contributed by atoms with Crippen molar-refractivity contribution in [2.24, 2.45) is 0 Å². The lowest BCUT2D eigenvalue weighted by Crippen LogP contribution is -2.44. The maximum atomic E-state index is 12.4. The summed E-state index contributed by atoms with van der Waals surface area (Å²) < 4.78 is 2.98. The number of nitrogens with zero attached hydrogens (tertiary/aromatic N) is 2. The monoisotopic (exact) mass is 327 g/mol. The van der Waals surface area contributed by atoms with E-state index in [4.69, 9.17) is 0 Å². The minimum Gasteiger partial charge on any atom is -0.357 e. The van der Waals surface area contributed by atoms with Crippen molar-refractivity contribution in [1.82, 2.24) is 25.0 Å². The second kappa shape index (κ2) is 6.45. The number of aryl methyl sites for hydroxylation is 1. The maximum Gasteiger partial charge on any atom is 0.329 e. The second-order valence-corrected chi connectivity index (χ2v) is 5.19. The molecule has 0 spiro atoms. The van der Waals surface area contributed by atoms with Crippen LogP contribution in [-0.2, 0) is 17.9 Å². The van der Waals surface area contributed by atoms with Crippen molar-refractivity contribution in [3.05, 3.63) is 58.8 Å². The first-order chi connectivity index (χ1) is 11.6. The number of imidazole rings is 1. The fourth-order valence-corrected chi connectivity index (χ4v) is 2.58. The Morgan fingerprint density at radius 2 is 1.75 bits per heavy atom. The molecule has 0 aliphatic heterocycles. The molecular formula is C16H17N5O3. The molecule has 0 saturated heterocycles. The molecule has 0 radical (unpaired) electrons. The zero-order chi connectivity index (χ0) is 17.1. The Hall–Kier alpha value is -3.29. The van der Waals surface area contributed by atoms with Crippen LogP contribution in [0.4, 0.5) is 0 Å². The van der Waals surface area contributed by atoms with Crippen LogP contribution in [0.2, 0.25) is 0 Å². The first-order valence-electron chi connectivity index (χ1n) is 7.52. The van der Waals surface area contributed by atoms with Crippen molar-refractivity contribution in [1.29, 1.82) is 0 Å². The SMILES string of the molecule is CCn1c(=O)n(CC(=O)NNC(=O)c2ccc[nH]2)c2ccccc21. The zero-order valence-corrected chi connectivity index (χ0v) is 13.1. The minimum atomic E-state index is -0.490. The van der Waals surface area contributed by atoms with Crippen molar-refractivity contribution in [2.75, 3.05) is 0 Å². The predicted octanol–water partition coefficient (Wildman–Crippen LogP) is 0.612. The highest BCUT2D eigenvalue weighted by atomic mass is 16.2. The highest BCUT2D eigenvalue weighted by molar-refractivity contribution is 5.93. The van der Waals surface area contributed by atoms with E-state index in [1.54, 1.807) is 29.0 Å². The van der Waals surface area contributed by atoms with Gasteiger partial charge in [-0.05, 0) is 31.2 Å². The van der Waals surface area contributed by atoms with Crippen molar-refractivity contribution in [2.45, 2.75) is 20.0 Å². The van der Waals surface area contributed by atoms with Gasteiger partial charge in [-0.25, -0.2) is 4.79 Å². The molecule has 3 rings (SSSR count). The second-order valence-electron chi connectivity index (χ2n) is 5.19. The molecule has 1 aromatic carbocycles. The van der Waals surface area contributed by atoms with E-state index in [0.29, 0.717) is 17.8 Å². The molecule has 8 nitrogen and oxygen atoms in total. The number of fused-ring (bicyclic) bond motifs is 1. The van der Waals surface area contributed by atoms with Crippen molar-refractivity contribution in [3.63, 3.8) is 0 Å². The van der Waals surface area contributed by atoms with Crippen LogP contribution in [0.5, 0.6) is 0 Å². The summed E-state index contributed by atoms with van der Waals surface area (Å²) in [6.07, 6.45) is 1.61. The molecule has 0 aliphatic rings. The van der Waals surface area contributed by atoms with E-state index in [1.807, 2.05) is 25.1 Å². The van der Waals surface area contributed by atoms with Gasteiger partial charge in [-0.2, -0.15) is 0 Å². The van der Waals surface area contributed by atoms with Gasteiger partial charge in [0.1, 0.15) is 12.2 Å². The summed E-state index contributed by atoms with van der Waals surface area (Å²) in [6.45, 7) is 2.20. The number of amides is 2. The summed E-state index contributed by atoms with van der Waals surface area (Å²) in [5.41, 5.74) is 6.13. The Morgan fingerprint density at radius 3 is 2.38 bits per heavy atom. The molecule has 0 unspecified atom stereocenters. The molecule has 3 N–H and O–H groups in total. The number of hydrazine groups is 1. The van der Waals surface area contributed by atoms with Crippen molar-refractivity contribution >= 4 is 22.8 Å². The van der Waals surface area contributed by atoms with Gasteiger partial charge in [0.2, 0.25) is 0 Å². The first kappa shape index (κ1) is 15.6. The van der Waals surface area contributed by atoms with Gasteiger partial charge in [-0.15, -0.1) is 0 Å². The van der Waals surface area contributed by atoms with Crippen LogP contribution in [0.1, 0.15) is 17.4 Å². The number of aromatic nitrogens is 3. The fourth-order valence-electron chi connectivity index (χ4n) is 2.58. The maximum absolute atomic E-state index is 12.4. The number of carbonyl (C=O) groups is 2.